The Morgan fingerprint density at radius 2 is 1.47 bits per heavy atom. The molecule has 0 aliphatic rings. The van der Waals surface area contributed by atoms with E-state index >= 15 is 0 Å². The number of hydrogen-bond acceptors (Lipinski definition) is 7. The summed E-state index contributed by atoms with van der Waals surface area (Å²) in [6.45, 7) is 2.42. The van der Waals surface area contributed by atoms with E-state index in [1.807, 2.05) is 13.0 Å². The van der Waals surface area contributed by atoms with E-state index in [1.54, 1.807) is 88.1 Å². The van der Waals surface area contributed by atoms with Gasteiger partial charge in [-0.2, -0.15) is 5.26 Å². The summed E-state index contributed by atoms with van der Waals surface area (Å²) in [4.78, 5) is 12.3. The summed E-state index contributed by atoms with van der Waals surface area (Å²) < 4.78 is 26.8. The van der Waals surface area contributed by atoms with Crippen molar-refractivity contribution in [1.29, 1.82) is 5.26 Å². The van der Waals surface area contributed by atoms with E-state index in [9.17, 15) is 10.1 Å². The zero-order chi connectivity index (χ0) is 25.9. The van der Waals surface area contributed by atoms with Gasteiger partial charge in [-0.15, -0.1) is 0 Å². The van der Waals surface area contributed by atoms with Gasteiger partial charge in [0.15, 0.2) is 23.0 Å². The molecule has 0 fully saturated rings. The maximum absolute atomic E-state index is 12.3. The Balaban J connectivity index is 1.68. The molecule has 0 aromatic heterocycles. The molecule has 0 aliphatic heterocycles. The van der Waals surface area contributed by atoms with Crippen molar-refractivity contribution in [1.82, 2.24) is 0 Å². The third-order valence-electron chi connectivity index (χ3n) is 5.12. The minimum absolute atomic E-state index is 0.385. The zero-order valence-electron chi connectivity index (χ0n) is 20.6. The molecule has 0 atom stereocenters. The first-order valence-electron chi connectivity index (χ1n) is 11.2. The fourth-order valence-electron chi connectivity index (χ4n) is 3.36. The number of allylic oxidation sites excluding steroid dienone is 1. The van der Waals surface area contributed by atoms with E-state index in [0.29, 0.717) is 46.5 Å². The van der Waals surface area contributed by atoms with Crippen LogP contribution in [-0.2, 0) is 4.79 Å². The highest BCUT2D eigenvalue weighted by atomic mass is 16.5. The average Bonchev–Trinajstić information content (AvgIpc) is 2.91. The maximum atomic E-state index is 12.3. The number of ether oxygens (including phenoxy) is 5. The summed E-state index contributed by atoms with van der Waals surface area (Å²) in [5.74, 6) is 2.21. The van der Waals surface area contributed by atoms with Crippen molar-refractivity contribution < 1.29 is 28.5 Å². The minimum Gasteiger partial charge on any atom is -0.493 e. The zero-order valence-corrected chi connectivity index (χ0v) is 20.6. The third-order valence-corrected chi connectivity index (χ3v) is 5.12. The van der Waals surface area contributed by atoms with Crippen molar-refractivity contribution >= 4 is 23.7 Å². The molecular weight excluding hydrogens is 458 g/mol. The van der Waals surface area contributed by atoms with Crippen LogP contribution in [0, 0.1) is 11.3 Å². The summed E-state index contributed by atoms with van der Waals surface area (Å²) in [5.41, 5.74) is 2.70. The van der Waals surface area contributed by atoms with Gasteiger partial charge in [-0.3, -0.25) is 0 Å². The summed E-state index contributed by atoms with van der Waals surface area (Å²) in [6, 6.07) is 19.7. The first-order valence-corrected chi connectivity index (χ1v) is 11.2. The highest BCUT2D eigenvalue weighted by molar-refractivity contribution is 5.91. The standard InChI is InChI=1S/C29H27NO6/c1-5-35-26-13-8-21(17-27(26)33-3)9-15-29(31)36-24-11-6-20(7-12-24)16-23(19-30)22-10-14-25(32-2)28(18-22)34-4/h6-18H,5H2,1-4H3/b15-9+,23-16-. The Labute approximate surface area is 210 Å². The van der Waals surface area contributed by atoms with Crippen LogP contribution in [0.4, 0.5) is 0 Å². The van der Waals surface area contributed by atoms with Gasteiger partial charge in [0.2, 0.25) is 0 Å². The molecule has 0 aliphatic carbocycles. The topological polar surface area (TPSA) is 87.0 Å². The first-order chi connectivity index (χ1) is 17.5. The number of nitriles is 1. The number of carbonyl (C=O) groups excluding carboxylic acids is 1. The monoisotopic (exact) mass is 485 g/mol. The van der Waals surface area contributed by atoms with Crippen LogP contribution < -0.4 is 23.7 Å². The number of carbonyl (C=O) groups is 1. The molecule has 3 aromatic rings. The molecule has 3 aromatic carbocycles. The summed E-state index contributed by atoms with van der Waals surface area (Å²) in [7, 11) is 4.66. The largest absolute Gasteiger partial charge is 0.493 e. The molecule has 7 nitrogen and oxygen atoms in total. The molecule has 0 amide bonds. The number of hydrogen-bond donors (Lipinski definition) is 0. The van der Waals surface area contributed by atoms with Crippen LogP contribution in [0.15, 0.2) is 66.7 Å². The van der Waals surface area contributed by atoms with Crippen molar-refractivity contribution in [3.8, 4) is 34.8 Å². The predicted molar refractivity (Wildman–Crippen MR) is 138 cm³/mol. The van der Waals surface area contributed by atoms with Crippen LogP contribution >= 0.6 is 0 Å². The molecule has 0 unspecified atom stereocenters. The van der Waals surface area contributed by atoms with Gasteiger partial charge < -0.3 is 23.7 Å². The first kappa shape index (κ1) is 25.9. The average molecular weight is 486 g/mol. The lowest BCUT2D eigenvalue weighted by Crippen LogP contribution is -2.03. The van der Waals surface area contributed by atoms with Crippen LogP contribution in [0.3, 0.4) is 0 Å². The minimum atomic E-state index is -0.519. The number of esters is 1. The van der Waals surface area contributed by atoms with E-state index in [-0.39, 0.29) is 0 Å². The Bertz CT molecular complexity index is 1300. The van der Waals surface area contributed by atoms with Gasteiger partial charge >= 0.3 is 5.97 Å². The van der Waals surface area contributed by atoms with Gasteiger partial charge in [0.1, 0.15) is 5.75 Å². The van der Waals surface area contributed by atoms with Crippen molar-refractivity contribution in [3.05, 3.63) is 83.4 Å². The van der Waals surface area contributed by atoms with Crippen LogP contribution in [-0.4, -0.2) is 33.9 Å². The molecule has 3 rings (SSSR count). The van der Waals surface area contributed by atoms with Crippen molar-refractivity contribution in [2.45, 2.75) is 6.92 Å². The molecule has 36 heavy (non-hydrogen) atoms. The number of nitrogens with zero attached hydrogens (tertiary/aromatic N) is 1. The lowest BCUT2D eigenvalue weighted by atomic mass is 10.0. The van der Waals surface area contributed by atoms with Gasteiger partial charge in [0, 0.05) is 6.08 Å². The fraction of sp³-hybridized carbons (Fsp3) is 0.172. The molecular formula is C29H27NO6. The molecule has 0 saturated carbocycles. The van der Waals surface area contributed by atoms with E-state index in [2.05, 4.69) is 6.07 Å². The highest BCUT2D eigenvalue weighted by Crippen LogP contribution is 2.31. The summed E-state index contributed by atoms with van der Waals surface area (Å²) in [6.07, 6.45) is 4.72. The smallest absolute Gasteiger partial charge is 0.336 e. The maximum Gasteiger partial charge on any atom is 0.336 e. The van der Waals surface area contributed by atoms with Gasteiger partial charge in [0.05, 0.1) is 39.6 Å². The molecule has 7 heteroatoms. The second-order valence-corrected chi connectivity index (χ2v) is 7.41. The SMILES string of the molecule is CCOc1ccc(/C=C/C(=O)Oc2ccc(/C=C(/C#N)c3ccc(OC)c(OC)c3)cc2)cc1OC. The Morgan fingerprint density at radius 3 is 2.11 bits per heavy atom. The summed E-state index contributed by atoms with van der Waals surface area (Å²) >= 11 is 0. The van der Waals surface area contributed by atoms with Crippen molar-refractivity contribution in [3.63, 3.8) is 0 Å². The molecule has 0 radical (unpaired) electrons. The van der Waals surface area contributed by atoms with Crippen LogP contribution in [0.5, 0.6) is 28.7 Å². The van der Waals surface area contributed by atoms with Crippen molar-refractivity contribution in [2.24, 2.45) is 0 Å². The molecule has 0 N–H and O–H groups in total. The highest BCUT2D eigenvalue weighted by Gasteiger charge is 2.09. The molecule has 0 heterocycles. The van der Waals surface area contributed by atoms with Gasteiger partial charge in [-0.1, -0.05) is 18.2 Å². The second-order valence-electron chi connectivity index (χ2n) is 7.41. The molecule has 184 valence electrons. The normalized spacial score (nSPS) is 11.0. The number of methoxy groups -OCH3 is 3. The quantitative estimate of drug-likeness (QED) is 0.118. The summed E-state index contributed by atoms with van der Waals surface area (Å²) in [5, 5.41) is 9.65. The van der Waals surface area contributed by atoms with E-state index in [4.69, 9.17) is 23.7 Å². The predicted octanol–water partition coefficient (Wildman–Crippen LogP) is 5.79. The van der Waals surface area contributed by atoms with Crippen molar-refractivity contribution in [2.75, 3.05) is 27.9 Å². The van der Waals surface area contributed by atoms with E-state index < -0.39 is 5.97 Å². The number of rotatable bonds is 10. The Hall–Kier alpha value is -4.70. The van der Waals surface area contributed by atoms with Gasteiger partial charge in [0.25, 0.3) is 0 Å². The fourth-order valence-corrected chi connectivity index (χ4v) is 3.36. The van der Waals surface area contributed by atoms with E-state index in [0.717, 1.165) is 11.1 Å². The lowest BCUT2D eigenvalue weighted by molar-refractivity contribution is -0.128. The van der Waals surface area contributed by atoms with E-state index in [1.165, 1.54) is 6.08 Å². The van der Waals surface area contributed by atoms with Crippen LogP contribution in [0.25, 0.3) is 17.7 Å². The van der Waals surface area contributed by atoms with Gasteiger partial charge in [-0.25, -0.2) is 4.79 Å². The lowest BCUT2D eigenvalue weighted by Gasteiger charge is -2.09. The second kappa shape index (κ2) is 12.7. The van der Waals surface area contributed by atoms with Crippen LogP contribution in [0.1, 0.15) is 23.6 Å². The Kier molecular flexibility index (Phi) is 9.12. The Morgan fingerprint density at radius 1 is 0.833 bits per heavy atom. The molecule has 0 spiro atoms. The van der Waals surface area contributed by atoms with Crippen LogP contribution in [0.2, 0.25) is 0 Å². The number of benzene rings is 3. The molecule has 0 saturated heterocycles. The molecule has 0 bridgehead atoms. The van der Waals surface area contributed by atoms with Gasteiger partial charge in [-0.05, 0) is 78.2 Å². The third kappa shape index (κ3) is 6.67.